The summed E-state index contributed by atoms with van der Waals surface area (Å²) in [6.07, 6.45) is -3.97. The van der Waals surface area contributed by atoms with E-state index in [1.807, 2.05) is 0 Å². The third-order valence-electron chi connectivity index (χ3n) is 5.67. The first kappa shape index (κ1) is 23.7. The summed E-state index contributed by atoms with van der Waals surface area (Å²) in [5, 5.41) is 8.20. The molecule has 0 amide bonds. The number of ether oxygens (including phenoxy) is 3. The largest absolute Gasteiger partial charge is 0.493 e. The van der Waals surface area contributed by atoms with Crippen LogP contribution in [0.3, 0.4) is 0 Å². The monoisotopic (exact) mass is 478 g/mol. The minimum absolute atomic E-state index is 0.00374. The summed E-state index contributed by atoms with van der Waals surface area (Å²) in [7, 11) is 2.97. The Hall–Kier alpha value is -3.47. The van der Waals surface area contributed by atoms with Gasteiger partial charge in [0.25, 0.3) is 5.56 Å². The third kappa shape index (κ3) is 4.74. The highest BCUT2D eigenvalue weighted by Gasteiger charge is 2.31. The molecule has 1 saturated heterocycles. The van der Waals surface area contributed by atoms with E-state index in [1.165, 1.54) is 20.2 Å². The number of alkyl halides is 3. The van der Waals surface area contributed by atoms with Crippen LogP contribution in [0.25, 0.3) is 10.8 Å². The normalized spacial score (nSPS) is 17.1. The van der Waals surface area contributed by atoms with Crippen molar-refractivity contribution in [1.29, 1.82) is 0 Å². The highest BCUT2D eigenvalue weighted by Crippen LogP contribution is 2.37. The number of fused-ring (bicyclic) bond motifs is 1. The lowest BCUT2D eigenvalue weighted by Crippen LogP contribution is -2.23. The number of methoxy groups -OCH3 is 1. The van der Waals surface area contributed by atoms with Crippen LogP contribution in [0.4, 0.5) is 24.7 Å². The van der Waals surface area contributed by atoms with E-state index >= 15 is 0 Å². The molecular weight excluding hydrogens is 453 g/mol. The first-order chi connectivity index (χ1) is 16.1. The number of nitrogen functional groups attached to an aromatic ring is 1. The third-order valence-corrected chi connectivity index (χ3v) is 5.67. The lowest BCUT2D eigenvalue weighted by Gasteiger charge is -2.20. The summed E-state index contributed by atoms with van der Waals surface area (Å²) in [4.78, 5) is 12.8. The fourth-order valence-electron chi connectivity index (χ4n) is 3.88. The molecule has 11 heteroatoms. The maximum Gasteiger partial charge on any atom is 0.416 e. The molecule has 1 aliphatic rings. The Balaban J connectivity index is 1.76. The fourth-order valence-corrected chi connectivity index (χ4v) is 3.88. The summed E-state index contributed by atoms with van der Waals surface area (Å²) in [6.45, 7) is 2.71. The highest BCUT2D eigenvalue weighted by atomic mass is 19.4. The number of hydrogen-bond donors (Lipinski definition) is 2. The van der Waals surface area contributed by atoms with Gasteiger partial charge in [-0.2, -0.15) is 18.3 Å². The van der Waals surface area contributed by atoms with Gasteiger partial charge in [0.05, 0.1) is 37.3 Å². The summed E-state index contributed by atoms with van der Waals surface area (Å²) in [5.74, 6) is 1.10. The zero-order valence-electron chi connectivity index (χ0n) is 18.9. The lowest BCUT2D eigenvalue weighted by atomic mass is 10.0. The molecule has 2 atom stereocenters. The molecular formula is C23H25F3N4O4. The van der Waals surface area contributed by atoms with Crippen molar-refractivity contribution in [2.45, 2.75) is 31.7 Å². The molecule has 1 aliphatic heterocycles. The van der Waals surface area contributed by atoms with Crippen molar-refractivity contribution < 1.29 is 27.4 Å². The number of nitrogens with zero attached hydrogens (tertiary/aromatic N) is 2. The van der Waals surface area contributed by atoms with Crippen LogP contribution in [0, 0.1) is 0 Å². The van der Waals surface area contributed by atoms with E-state index < -0.39 is 17.8 Å². The maximum atomic E-state index is 13.3. The summed E-state index contributed by atoms with van der Waals surface area (Å²) < 4.78 is 57.8. The first-order valence-corrected chi connectivity index (χ1v) is 10.6. The van der Waals surface area contributed by atoms with Crippen LogP contribution in [-0.4, -0.2) is 36.2 Å². The van der Waals surface area contributed by atoms with E-state index in [2.05, 4.69) is 10.4 Å². The average Bonchev–Trinajstić information content (AvgIpc) is 3.29. The van der Waals surface area contributed by atoms with Gasteiger partial charge in [0.1, 0.15) is 6.10 Å². The van der Waals surface area contributed by atoms with Crippen molar-refractivity contribution in [2.75, 3.05) is 31.4 Å². The van der Waals surface area contributed by atoms with Crippen molar-refractivity contribution in [1.82, 2.24) is 9.78 Å². The van der Waals surface area contributed by atoms with E-state index in [9.17, 15) is 18.0 Å². The molecule has 1 fully saturated rings. The molecule has 3 N–H and O–H groups in total. The van der Waals surface area contributed by atoms with Crippen molar-refractivity contribution in [2.24, 2.45) is 7.05 Å². The molecule has 0 unspecified atom stereocenters. The highest BCUT2D eigenvalue weighted by molar-refractivity contribution is 5.93. The molecule has 4 rings (SSSR count). The molecule has 0 bridgehead atoms. The Bertz CT molecular complexity index is 1270. The molecule has 0 saturated carbocycles. The van der Waals surface area contributed by atoms with Gasteiger partial charge in [-0.25, -0.2) is 4.68 Å². The van der Waals surface area contributed by atoms with Gasteiger partial charge in [0.15, 0.2) is 17.3 Å². The van der Waals surface area contributed by atoms with Gasteiger partial charge in [-0.3, -0.25) is 4.79 Å². The minimum Gasteiger partial charge on any atom is -0.493 e. The quantitative estimate of drug-likeness (QED) is 0.519. The molecule has 1 aromatic heterocycles. The van der Waals surface area contributed by atoms with Gasteiger partial charge in [-0.1, -0.05) is 0 Å². The van der Waals surface area contributed by atoms with Crippen molar-refractivity contribution in [3.8, 4) is 11.5 Å². The molecule has 0 spiro atoms. The van der Waals surface area contributed by atoms with Crippen LogP contribution in [-0.2, 0) is 18.0 Å². The Labute approximate surface area is 193 Å². The van der Waals surface area contributed by atoms with Crippen LogP contribution in [0.15, 0.2) is 35.1 Å². The van der Waals surface area contributed by atoms with E-state index in [-0.39, 0.29) is 17.4 Å². The van der Waals surface area contributed by atoms with Crippen molar-refractivity contribution >= 4 is 22.3 Å². The lowest BCUT2D eigenvalue weighted by molar-refractivity contribution is -0.137. The Morgan fingerprint density at radius 3 is 2.59 bits per heavy atom. The smallest absolute Gasteiger partial charge is 0.416 e. The number of rotatable bonds is 6. The Morgan fingerprint density at radius 2 is 1.94 bits per heavy atom. The van der Waals surface area contributed by atoms with E-state index in [0.717, 1.165) is 23.2 Å². The predicted molar refractivity (Wildman–Crippen MR) is 121 cm³/mol. The summed E-state index contributed by atoms with van der Waals surface area (Å²) in [6, 6.07) is 6.01. The molecule has 0 aliphatic carbocycles. The van der Waals surface area contributed by atoms with Gasteiger partial charge in [-0.15, -0.1) is 0 Å². The molecule has 34 heavy (non-hydrogen) atoms. The minimum atomic E-state index is -4.53. The number of anilines is 2. The van der Waals surface area contributed by atoms with Gasteiger partial charge in [0.2, 0.25) is 0 Å². The number of hydrogen-bond acceptors (Lipinski definition) is 7. The summed E-state index contributed by atoms with van der Waals surface area (Å²) in [5.41, 5.74) is 4.85. The number of halogens is 3. The standard InChI is InChI=1S/C23H25F3N4O4/c1-12(13-6-14(23(24,25)26)8-15(27)7-13)28-21-17-9-20(34-16-4-5-33-11-16)19(32-3)10-18(17)22(31)30(2)29-21/h6-10,12,16H,4-5,11,27H2,1-3H3,(H,28,29)/t12-,16+/m1/s1. The molecule has 8 nitrogen and oxygen atoms in total. The number of aryl methyl sites for hydroxylation is 1. The maximum absolute atomic E-state index is 13.3. The molecule has 182 valence electrons. The Morgan fingerprint density at radius 1 is 1.21 bits per heavy atom. The molecule has 2 heterocycles. The zero-order valence-corrected chi connectivity index (χ0v) is 18.9. The second kappa shape index (κ2) is 9.05. The van der Waals surface area contributed by atoms with Crippen LogP contribution in [0.2, 0.25) is 0 Å². The number of nitrogens with one attached hydrogen (secondary N) is 1. The van der Waals surface area contributed by atoms with Crippen molar-refractivity contribution in [3.05, 3.63) is 51.8 Å². The van der Waals surface area contributed by atoms with E-state index in [1.54, 1.807) is 19.1 Å². The van der Waals surface area contributed by atoms with E-state index in [0.29, 0.717) is 46.9 Å². The second-order valence-electron chi connectivity index (χ2n) is 8.18. The molecule has 2 aromatic carbocycles. The summed E-state index contributed by atoms with van der Waals surface area (Å²) >= 11 is 0. The van der Waals surface area contributed by atoms with Gasteiger partial charge < -0.3 is 25.3 Å². The second-order valence-corrected chi connectivity index (χ2v) is 8.18. The predicted octanol–water partition coefficient (Wildman–Crippen LogP) is 3.88. The number of benzene rings is 2. The van der Waals surface area contributed by atoms with E-state index in [4.69, 9.17) is 19.9 Å². The number of aromatic nitrogens is 2. The Kier molecular flexibility index (Phi) is 6.30. The van der Waals surface area contributed by atoms with Crippen molar-refractivity contribution in [3.63, 3.8) is 0 Å². The molecule has 0 radical (unpaired) electrons. The van der Waals surface area contributed by atoms with Crippen LogP contribution in [0.5, 0.6) is 11.5 Å². The zero-order chi connectivity index (χ0) is 24.6. The SMILES string of the molecule is COc1cc2c(=O)n(C)nc(N[C@H](C)c3cc(N)cc(C(F)(F)F)c3)c2cc1O[C@H]1CCOC1. The van der Waals surface area contributed by atoms with Gasteiger partial charge >= 0.3 is 6.18 Å². The topological polar surface area (TPSA) is 101 Å². The van der Waals surface area contributed by atoms with Gasteiger partial charge in [-0.05, 0) is 42.8 Å². The van der Waals surface area contributed by atoms with Crippen LogP contribution in [0.1, 0.15) is 30.5 Å². The van der Waals surface area contributed by atoms with Crippen LogP contribution >= 0.6 is 0 Å². The van der Waals surface area contributed by atoms with Crippen LogP contribution < -0.4 is 26.1 Å². The van der Waals surface area contributed by atoms with Gasteiger partial charge in [0, 0.05) is 24.5 Å². The molecule has 3 aromatic rings. The fraction of sp³-hybridized carbons (Fsp3) is 0.391. The first-order valence-electron chi connectivity index (χ1n) is 10.6. The average molecular weight is 478 g/mol. The number of nitrogens with two attached hydrogens (primary N) is 1.